The predicted octanol–water partition coefficient (Wildman–Crippen LogP) is 1.09. The van der Waals surface area contributed by atoms with Gasteiger partial charge in [-0.1, -0.05) is 0 Å². The van der Waals surface area contributed by atoms with Gasteiger partial charge >= 0.3 is 0 Å². The summed E-state index contributed by atoms with van der Waals surface area (Å²) in [7, 11) is -4.37. The molecular formula is C10H11NO5S. The zero-order chi connectivity index (χ0) is 13.2. The van der Waals surface area contributed by atoms with Crippen molar-refractivity contribution in [1.82, 2.24) is 0 Å². The van der Waals surface area contributed by atoms with Crippen LogP contribution in [0.15, 0.2) is 23.1 Å². The molecule has 2 N–H and O–H groups in total. The third-order valence-electron chi connectivity index (χ3n) is 1.98. The molecule has 0 aromatic heterocycles. The van der Waals surface area contributed by atoms with Gasteiger partial charge in [-0.3, -0.25) is 14.1 Å². The minimum Gasteiger partial charge on any atom is -0.326 e. The van der Waals surface area contributed by atoms with E-state index < -0.39 is 20.8 Å². The Labute approximate surface area is 98.4 Å². The van der Waals surface area contributed by atoms with Crippen LogP contribution in [0.4, 0.5) is 5.69 Å². The number of nitrogens with one attached hydrogen (secondary N) is 1. The van der Waals surface area contributed by atoms with Crippen molar-refractivity contribution in [3.63, 3.8) is 0 Å². The topological polar surface area (TPSA) is 101 Å². The number of hydrogen-bond acceptors (Lipinski definition) is 4. The molecule has 0 unspecified atom stereocenters. The zero-order valence-corrected chi connectivity index (χ0v) is 10.0. The molecule has 0 aliphatic heterocycles. The SMILES string of the molecule is CC(=O)Nc1ccc(S(=O)(=O)O)cc1C(C)=O. The first kappa shape index (κ1) is 13.3. The Morgan fingerprint density at radius 3 is 2.24 bits per heavy atom. The van der Waals surface area contributed by atoms with Gasteiger partial charge in [0.05, 0.1) is 10.6 Å². The molecule has 0 saturated carbocycles. The molecule has 0 radical (unpaired) electrons. The highest BCUT2D eigenvalue weighted by Gasteiger charge is 2.15. The van der Waals surface area contributed by atoms with Gasteiger partial charge in [-0.2, -0.15) is 8.42 Å². The molecule has 0 aliphatic carbocycles. The predicted molar refractivity (Wildman–Crippen MR) is 60.6 cm³/mol. The summed E-state index contributed by atoms with van der Waals surface area (Å²) >= 11 is 0. The molecule has 0 atom stereocenters. The number of rotatable bonds is 3. The quantitative estimate of drug-likeness (QED) is 0.623. The summed E-state index contributed by atoms with van der Waals surface area (Å²) in [6, 6.07) is 3.37. The molecule has 1 aromatic rings. The number of anilines is 1. The summed E-state index contributed by atoms with van der Waals surface area (Å²) in [5.74, 6) is -0.800. The van der Waals surface area contributed by atoms with Crippen LogP contribution in [0.1, 0.15) is 24.2 Å². The highest BCUT2D eigenvalue weighted by molar-refractivity contribution is 7.85. The van der Waals surface area contributed by atoms with Gasteiger partial charge in [0.1, 0.15) is 0 Å². The molecule has 1 amide bonds. The Bertz CT molecular complexity index is 576. The monoisotopic (exact) mass is 257 g/mol. The van der Waals surface area contributed by atoms with Gasteiger partial charge in [0, 0.05) is 12.5 Å². The lowest BCUT2D eigenvalue weighted by Gasteiger charge is -2.08. The number of ketones is 1. The highest BCUT2D eigenvalue weighted by Crippen LogP contribution is 2.21. The third kappa shape index (κ3) is 3.36. The van der Waals surface area contributed by atoms with Crippen LogP contribution in [0.3, 0.4) is 0 Å². The molecule has 0 fully saturated rings. The van der Waals surface area contributed by atoms with Crippen LogP contribution in [-0.2, 0) is 14.9 Å². The molecular weight excluding hydrogens is 246 g/mol. The van der Waals surface area contributed by atoms with Crippen LogP contribution >= 0.6 is 0 Å². The first-order valence-electron chi connectivity index (χ1n) is 4.62. The van der Waals surface area contributed by atoms with E-state index in [2.05, 4.69) is 5.32 Å². The molecule has 1 rings (SSSR count). The van der Waals surface area contributed by atoms with Crippen molar-refractivity contribution in [3.8, 4) is 0 Å². The lowest BCUT2D eigenvalue weighted by molar-refractivity contribution is -0.114. The summed E-state index contributed by atoms with van der Waals surface area (Å²) in [6.07, 6.45) is 0. The van der Waals surface area contributed by atoms with E-state index in [0.717, 1.165) is 12.1 Å². The van der Waals surface area contributed by atoms with Crippen LogP contribution in [0.2, 0.25) is 0 Å². The Kier molecular flexibility index (Phi) is 3.64. The van der Waals surface area contributed by atoms with Crippen molar-refractivity contribution in [2.75, 3.05) is 5.32 Å². The van der Waals surface area contributed by atoms with E-state index in [1.165, 1.54) is 19.9 Å². The van der Waals surface area contributed by atoms with Gasteiger partial charge in [0.25, 0.3) is 10.1 Å². The summed E-state index contributed by atoms with van der Waals surface area (Å²) < 4.78 is 30.6. The average Bonchev–Trinajstić information content (AvgIpc) is 2.15. The molecule has 0 heterocycles. The summed E-state index contributed by atoms with van der Waals surface area (Å²) in [6.45, 7) is 2.50. The molecule has 1 aromatic carbocycles. The largest absolute Gasteiger partial charge is 0.326 e. The maximum Gasteiger partial charge on any atom is 0.294 e. The molecule has 0 saturated heterocycles. The highest BCUT2D eigenvalue weighted by atomic mass is 32.2. The molecule has 0 spiro atoms. The van der Waals surface area contributed by atoms with Crippen molar-refractivity contribution in [2.24, 2.45) is 0 Å². The second kappa shape index (κ2) is 4.64. The van der Waals surface area contributed by atoms with E-state index >= 15 is 0 Å². The number of hydrogen-bond donors (Lipinski definition) is 2. The third-order valence-corrected chi connectivity index (χ3v) is 2.83. The molecule has 0 aliphatic rings. The second-order valence-electron chi connectivity index (χ2n) is 3.42. The Hall–Kier alpha value is -1.73. The second-order valence-corrected chi connectivity index (χ2v) is 4.84. The van der Waals surface area contributed by atoms with Crippen LogP contribution in [0, 0.1) is 0 Å². The van der Waals surface area contributed by atoms with Crippen LogP contribution in [0.25, 0.3) is 0 Å². The normalized spacial score (nSPS) is 11.0. The fraction of sp³-hybridized carbons (Fsp3) is 0.200. The van der Waals surface area contributed by atoms with E-state index in [9.17, 15) is 18.0 Å². The maximum atomic E-state index is 11.3. The van der Waals surface area contributed by atoms with Gasteiger partial charge < -0.3 is 5.32 Å². The fourth-order valence-corrected chi connectivity index (χ4v) is 1.78. The average molecular weight is 257 g/mol. The van der Waals surface area contributed by atoms with Crippen LogP contribution < -0.4 is 5.32 Å². The van der Waals surface area contributed by atoms with E-state index in [0.29, 0.717) is 0 Å². The van der Waals surface area contributed by atoms with Crippen molar-refractivity contribution in [2.45, 2.75) is 18.7 Å². The minimum atomic E-state index is -4.37. The summed E-state index contributed by atoms with van der Waals surface area (Å²) in [5, 5.41) is 2.40. The van der Waals surface area contributed by atoms with Crippen molar-refractivity contribution in [3.05, 3.63) is 23.8 Å². The van der Waals surface area contributed by atoms with Crippen LogP contribution in [0.5, 0.6) is 0 Å². The van der Waals surface area contributed by atoms with Gasteiger partial charge in [-0.05, 0) is 25.1 Å². The molecule has 0 bridgehead atoms. The number of carbonyl (C=O) groups excluding carboxylic acids is 2. The molecule has 92 valence electrons. The summed E-state index contributed by atoms with van der Waals surface area (Å²) in [5.41, 5.74) is 0.229. The fourth-order valence-electron chi connectivity index (χ4n) is 1.27. The lowest BCUT2D eigenvalue weighted by atomic mass is 10.1. The Balaban J connectivity index is 3.37. The lowest BCUT2D eigenvalue weighted by Crippen LogP contribution is -2.11. The minimum absolute atomic E-state index is 0.0234. The standard InChI is InChI=1S/C10H11NO5S/c1-6(12)9-5-8(17(14,15)16)3-4-10(9)11-7(2)13/h3-5H,1-2H3,(H,11,13)(H,14,15,16). The Morgan fingerprint density at radius 2 is 1.82 bits per heavy atom. The summed E-state index contributed by atoms with van der Waals surface area (Å²) in [4.78, 5) is 21.8. The smallest absolute Gasteiger partial charge is 0.294 e. The molecule has 7 heteroatoms. The van der Waals surface area contributed by atoms with Gasteiger partial charge in [0.2, 0.25) is 5.91 Å². The van der Waals surface area contributed by atoms with Crippen molar-refractivity contribution in [1.29, 1.82) is 0 Å². The number of carbonyl (C=O) groups is 2. The van der Waals surface area contributed by atoms with E-state index in [-0.39, 0.29) is 17.2 Å². The van der Waals surface area contributed by atoms with E-state index in [1.54, 1.807) is 0 Å². The van der Waals surface area contributed by atoms with E-state index in [4.69, 9.17) is 4.55 Å². The maximum absolute atomic E-state index is 11.3. The molecule has 17 heavy (non-hydrogen) atoms. The van der Waals surface area contributed by atoms with Crippen molar-refractivity contribution < 1.29 is 22.6 Å². The first-order valence-corrected chi connectivity index (χ1v) is 6.06. The molecule has 6 nitrogen and oxygen atoms in total. The van der Waals surface area contributed by atoms with Crippen LogP contribution in [-0.4, -0.2) is 24.7 Å². The first-order chi connectivity index (χ1) is 7.71. The van der Waals surface area contributed by atoms with Gasteiger partial charge in [-0.25, -0.2) is 0 Å². The number of benzene rings is 1. The Morgan fingerprint density at radius 1 is 1.24 bits per heavy atom. The number of Topliss-reactive ketones (excluding diaryl/α,β-unsaturated/α-hetero) is 1. The van der Waals surface area contributed by atoms with Gasteiger partial charge in [0.15, 0.2) is 5.78 Å². The van der Waals surface area contributed by atoms with Crippen molar-refractivity contribution >= 4 is 27.5 Å². The van der Waals surface area contributed by atoms with Gasteiger partial charge in [-0.15, -0.1) is 0 Å². The number of amides is 1. The zero-order valence-electron chi connectivity index (χ0n) is 9.22. The van der Waals surface area contributed by atoms with E-state index in [1.807, 2.05) is 0 Å².